The highest BCUT2D eigenvalue weighted by Gasteiger charge is 2.28. The summed E-state index contributed by atoms with van der Waals surface area (Å²) in [6, 6.07) is 3.22. The molecule has 2 N–H and O–H groups in total. The van der Waals surface area contributed by atoms with Crippen LogP contribution in [-0.4, -0.2) is 6.54 Å². The molecule has 0 aliphatic carbocycles. The van der Waals surface area contributed by atoms with Crippen LogP contribution in [0.4, 0.5) is 26.3 Å². The summed E-state index contributed by atoms with van der Waals surface area (Å²) in [4.78, 5) is 0. The Labute approximate surface area is 116 Å². The molecule has 0 atom stereocenters. The van der Waals surface area contributed by atoms with Crippen molar-refractivity contribution in [2.45, 2.75) is 6.42 Å². The van der Waals surface area contributed by atoms with Crippen LogP contribution < -0.4 is 5.73 Å². The summed E-state index contributed by atoms with van der Waals surface area (Å²) in [6.07, 6.45) is 0.267. The van der Waals surface area contributed by atoms with Crippen LogP contribution in [0, 0.1) is 34.9 Å². The van der Waals surface area contributed by atoms with Crippen molar-refractivity contribution in [3.05, 3.63) is 58.7 Å². The lowest BCUT2D eigenvalue weighted by atomic mass is 9.99. The smallest absolute Gasteiger partial charge is 0.200 e. The first-order chi connectivity index (χ1) is 9.88. The molecule has 0 heterocycles. The Kier molecular flexibility index (Phi) is 4.22. The number of hydrogen-bond donors (Lipinski definition) is 1. The van der Waals surface area contributed by atoms with E-state index in [-0.39, 0.29) is 13.0 Å². The maximum atomic E-state index is 13.7. The molecule has 0 fully saturated rings. The Morgan fingerprint density at radius 3 is 1.81 bits per heavy atom. The molecular formula is C14H9F6N. The normalized spacial score (nSPS) is 11.0. The van der Waals surface area contributed by atoms with Crippen molar-refractivity contribution >= 4 is 0 Å². The van der Waals surface area contributed by atoms with Crippen molar-refractivity contribution in [1.82, 2.24) is 0 Å². The molecule has 0 bridgehead atoms. The standard InChI is InChI=1S/C14H9F6N/c15-8-2-1-6(3-4-21)5-7(8)9-10(16)12(18)14(20)13(19)11(9)17/h1-2,5H,3-4,21H2. The van der Waals surface area contributed by atoms with Gasteiger partial charge in [0.15, 0.2) is 23.3 Å². The topological polar surface area (TPSA) is 26.0 Å². The Morgan fingerprint density at radius 2 is 1.29 bits per heavy atom. The molecule has 21 heavy (non-hydrogen) atoms. The van der Waals surface area contributed by atoms with Crippen LogP contribution in [0.2, 0.25) is 0 Å². The minimum absolute atomic E-state index is 0.183. The third-order valence-corrected chi connectivity index (χ3v) is 2.94. The van der Waals surface area contributed by atoms with Crippen LogP contribution in [0.15, 0.2) is 18.2 Å². The Morgan fingerprint density at radius 1 is 0.762 bits per heavy atom. The van der Waals surface area contributed by atoms with Crippen LogP contribution in [0.25, 0.3) is 11.1 Å². The largest absolute Gasteiger partial charge is 0.330 e. The molecule has 7 heteroatoms. The minimum atomic E-state index is -2.28. The molecule has 0 aliphatic rings. The van der Waals surface area contributed by atoms with Crippen molar-refractivity contribution in [2.75, 3.05) is 6.54 Å². The summed E-state index contributed by atoms with van der Waals surface area (Å²) >= 11 is 0. The van der Waals surface area contributed by atoms with Gasteiger partial charge in [0.1, 0.15) is 5.82 Å². The van der Waals surface area contributed by atoms with Crippen molar-refractivity contribution in [3.63, 3.8) is 0 Å². The second-order valence-corrected chi connectivity index (χ2v) is 4.30. The number of rotatable bonds is 3. The Hall–Kier alpha value is -2.02. The van der Waals surface area contributed by atoms with E-state index in [1.54, 1.807) is 0 Å². The van der Waals surface area contributed by atoms with E-state index in [1.165, 1.54) is 6.07 Å². The van der Waals surface area contributed by atoms with Gasteiger partial charge in [0.2, 0.25) is 5.82 Å². The Balaban J connectivity index is 2.75. The van der Waals surface area contributed by atoms with Crippen molar-refractivity contribution in [2.24, 2.45) is 5.73 Å². The zero-order valence-electron chi connectivity index (χ0n) is 10.5. The van der Waals surface area contributed by atoms with E-state index in [1.807, 2.05) is 0 Å². The molecular weight excluding hydrogens is 296 g/mol. The summed E-state index contributed by atoms with van der Waals surface area (Å²) in [5.74, 6) is -11.8. The van der Waals surface area contributed by atoms with Crippen molar-refractivity contribution in [1.29, 1.82) is 0 Å². The molecule has 0 amide bonds. The van der Waals surface area contributed by atoms with Crippen molar-refractivity contribution in [3.8, 4) is 11.1 Å². The van der Waals surface area contributed by atoms with Gasteiger partial charge in [0.25, 0.3) is 0 Å². The summed E-state index contributed by atoms with van der Waals surface area (Å²) in [7, 11) is 0. The maximum Gasteiger partial charge on any atom is 0.200 e. The zero-order chi connectivity index (χ0) is 15.7. The monoisotopic (exact) mass is 305 g/mol. The molecule has 0 unspecified atom stereocenters. The molecule has 0 saturated carbocycles. The van der Waals surface area contributed by atoms with Crippen molar-refractivity contribution < 1.29 is 26.3 Å². The zero-order valence-corrected chi connectivity index (χ0v) is 10.5. The van der Waals surface area contributed by atoms with E-state index in [0.717, 1.165) is 12.1 Å². The summed E-state index contributed by atoms with van der Waals surface area (Å²) < 4.78 is 80.4. The first-order valence-corrected chi connectivity index (χ1v) is 5.88. The molecule has 0 radical (unpaired) electrons. The van der Waals surface area contributed by atoms with Crippen LogP contribution >= 0.6 is 0 Å². The number of halogens is 6. The number of nitrogens with two attached hydrogens (primary N) is 1. The van der Waals surface area contributed by atoms with Gasteiger partial charge in [-0.1, -0.05) is 6.07 Å². The summed E-state index contributed by atoms with van der Waals surface area (Å²) in [5.41, 5.74) is 3.73. The number of hydrogen-bond acceptors (Lipinski definition) is 1. The van der Waals surface area contributed by atoms with Gasteiger partial charge in [-0.2, -0.15) is 0 Å². The van der Waals surface area contributed by atoms with Gasteiger partial charge in [-0.15, -0.1) is 0 Å². The van der Waals surface area contributed by atoms with Gasteiger partial charge in [-0.3, -0.25) is 0 Å². The Bertz CT molecular complexity index is 669. The van der Waals surface area contributed by atoms with Gasteiger partial charge in [-0.25, -0.2) is 26.3 Å². The van der Waals surface area contributed by atoms with Crippen LogP contribution in [0.3, 0.4) is 0 Å². The lowest BCUT2D eigenvalue weighted by Gasteiger charge is -2.11. The highest BCUT2D eigenvalue weighted by atomic mass is 19.2. The van der Waals surface area contributed by atoms with E-state index in [4.69, 9.17) is 5.73 Å². The average molecular weight is 305 g/mol. The van der Waals surface area contributed by atoms with Crippen LogP contribution in [0.5, 0.6) is 0 Å². The third kappa shape index (κ3) is 2.61. The highest BCUT2D eigenvalue weighted by molar-refractivity contribution is 5.67. The molecule has 2 aromatic carbocycles. The lowest BCUT2D eigenvalue weighted by Crippen LogP contribution is -2.06. The molecule has 2 rings (SSSR count). The maximum absolute atomic E-state index is 13.7. The van der Waals surface area contributed by atoms with Gasteiger partial charge in [0.05, 0.1) is 5.56 Å². The summed E-state index contributed by atoms with van der Waals surface area (Å²) in [6.45, 7) is 0.183. The molecule has 2 aromatic rings. The van der Waals surface area contributed by atoms with E-state index >= 15 is 0 Å². The lowest BCUT2D eigenvalue weighted by molar-refractivity contribution is 0.381. The first kappa shape index (κ1) is 15.4. The molecule has 0 saturated heterocycles. The molecule has 0 aromatic heterocycles. The third-order valence-electron chi connectivity index (χ3n) is 2.94. The van der Waals surface area contributed by atoms with E-state index in [9.17, 15) is 26.3 Å². The molecule has 0 spiro atoms. The highest BCUT2D eigenvalue weighted by Crippen LogP contribution is 2.33. The van der Waals surface area contributed by atoms with E-state index < -0.39 is 46.0 Å². The fraction of sp³-hybridized carbons (Fsp3) is 0.143. The summed E-state index contributed by atoms with van der Waals surface area (Å²) in [5, 5.41) is 0. The second-order valence-electron chi connectivity index (χ2n) is 4.30. The van der Waals surface area contributed by atoms with E-state index in [2.05, 4.69) is 0 Å². The minimum Gasteiger partial charge on any atom is -0.330 e. The van der Waals surface area contributed by atoms with Crippen LogP contribution in [0.1, 0.15) is 5.56 Å². The van der Waals surface area contributed by atoms with Gasteiger partial charge in [0, 0.05) is 5.56 Å². The fourth-order valence-electron chi connectivity index (χ4n) is 1.93. The molecule has 112 valence electrons. The number of benzene rings is 2. The predicted octanol–water partition coefficient (Wildman–Crippen LogP) is 3.69. The molecule has 1 nitrogen and oxygen atoms in total. The van der Waals surface area contributed by atoms with E-state index in [0.29, 0.717) is 5.56 Å². The van der Waals surface area contributed by atoms with Gasteiger partial charge >= 0.3 is 0 Å². The second kappa shape index (κ2) is 5.77. The average Bonchev–Trinajstić information content (AvgIpc) is 2.47. The van der Waals surface area contributed by atoms with Gasteiger partial charge in [-0.05, 0) is 30.7 Å². The fourth-order valence-corrected chi connectivity index (χ4v) is 1.93. The van der Waals surface area contributed by atoms with Gasteiger partial charge < -0.3 is 5.73 Å². The first-order valence-electron chi connectivity index (χ1n) is 5.88. The quantitative estimate of drug-likeness (QED) is 0.522. The van der Waals surface area contributed by atoms with Crippen LogP contribution in [-0.2, 0) is 6.42 Å². The predicted molar refractivity (Wildman–Crippen MR) is 64.4 cm³/mol. The SMILES string of the molecule is NCCc1ccc(F)c(-c2c(F)c(F)c(F)c(F)c2F)c1. The molecule has 0 aliphatic heterocycles.